The first-order valence-electron chi connectivity index (χ1n) is 21.7. The fraction of sp³-hybridized carbons (Fsp3) is 0.825. The number of nitrogens with zero attached hydrogens (tertiary/aromatic N) is 1. The summed E-state index contributed by atoms with van der Waals surface area (Å²) in [6.07, 6.45) is 0.459. The van der Waals surface area contributed by atoms with Gasteiger partial charge in [-0.2, -0.15) is 0 Å². The molecule has 0 aliphatic carbocycles. The molecule has 0 saturated heterocycles. The topological polar surface area (TPSA) is 288 Å². The zero-order chi connectivity index (χ0) is 47.9. The Hall–Kier alpha value is -4.47. The number of hydrogen-bond acceptors (Lipinski definition) is 22. The molecule has 378 valence electrons. The summed E-state index contributed by atoms with van der Waals surface area (Å²) < 4.78 is 72.0. The highest BCUT2D eigenvalue weighted by Crippen LogP contribution is 1.95. The van der Waals surface area contributed by atoms with E-state index >= 15 is 0 Å². The Morgan fingerprint density at radius 2 is 0.692 bits per heavy atom. The van der Waals surface area contributed by atoms with Crippen molar-refractivity contribution in [1.82, 2.24) is 20.9 Å². The minimum absolute atomic E-state index is 0.0453. The van der Waals surface area contributed by atoms with Gasteiger partial charge in [0.2, 0.25) is 5.91 Å². The van der Waals surface area contributed by atoms with Crippen LogP contribution in [0.25, 0.3) is 0 Å². The summed E-state index contributed by atoms with van der Waals surface area (Å²) in [7, 11) is 0. The molecule has 3 amide bonds. The molecule has 0 fully saturated rings. The molecule has 0 bridgehead atoms. The summed E-state index contributed by atoms with van der Waals surface area (Å²) in [6.45, 7) is 8.16. The molecule has 0 aromatic carbocycles. The Kier molecular flexibility index (Phi) is 42.9. The highest BCUT2D eigenvalue weighted by molar-refractivity contribution is 5.78. The van der Waals surface area contributed by atoms with Crippen molar-refractivity contribution in [1.29, 1.82) is 0 Å². The molecule has 65 heavy (non-hydrogen) atoms. The molecule has 0 spiro atoms. The van der Waals surface area contributed by atoms with Gasteiger partial charge in [-0.15, -0.1) is 0 Å². The highest BCUT2D eigenvalue weighted by atomic mass is 16.6. The van der Waals surface area contributed by atoms with Gasteiger partial charge < -0.3 is 82.3 Å². The summed E-state index contributed by atoms with van der Waals surface area (Å²) in [6, 6.07) is 0. The molecule has 0 aromatic rings. The quantitative estimate of drug-likeness (QED) is 0.0375. The highest BCUT2D eigenvalue weighted by Gasteiger charge is 2.15. The van der Waals surface area contributed by atoms with E-state index in [2.05, 4.69) is 16.0 Å². The van der Waals surface area contributed by atoms with E-state index in [0.29, 0.717) is 46.1 Å². The molecule has 0 rings (SSSR count). The van der Waals surface area contributed by atoms with E-state index < -0.39 is 62.5 Å². The van der Waals surface area contributed by atoms with Crippen LogP contribution in [0.15, 0.2) is 0 Å². The fourth-order valence-electron chi connectivity index (χ4n) is 4.35. The van der Waals surface area contributed by atoms with Gasteiger partial charge in [0.05, 0.1) is 92.4 Å². The molecule has 25 heteroatoms. The van der Waals surface area contributed by atoms with E-state index in [4.69, 9.17) is 66.3 Å². The van der Waals surface area contributed by atoms with E-state index in [1.165, 1.54) is 0 Å². The Morgan fingerprint density at radius 3 is 1.08 bits per heavy atom. The third-order valence-electron chi connectivity index (χ3n) is 7.36. The first-order chi connectivity index (χ1) is 31.6. The predicted molar refractivity (Wildman–Crippen MR) is 225 cm³/mol. The third kappa shape index (κ3) is 44.5. The number of carbonyl (C=O) groups is 7. The van der Waals surface area contributed by atoms with E-state index in [0.717, 1.165) is 12.8 Å². The van der Waals surface area contributed by atoms with E-state index in [1.54, 1.807) is 4.90 Å². The van der Waals surface area contributed by atoms with Gasteiger partial charge in [0.1, 0.15) is 52.9 Å². The second-order valence-electron chi connectivity index (χ2n) is 12.9. The zero-order valence-electron chi connectivity index (χ0n) is 38.2. The molecule has 0 aliphatic rings. The van der Waals surface area contributed by atoms with Crippen LogP contribution in [0.2, 0.25) is 0 Å². The summed E-state index contributed by atoms with van der Waals surface area (Å²) in [4.78, 5) is 85.0. The van der Waals surface area contributed by atoms with Crippen LogP contribution in [-0.4, -0.2) is 231 Å². The lowest BCUT2D eigenvalue weighted by Crippen LogP contribution is -2.41. The maximum atomic E-state index is 12.6. The number of amides is 3. The Morgan fingerprint density at radius 1 is 0.354 bits per heavy atom. The van der Waals surface area contributed by atoms with Gasteiger partial charge in [0.25, 0.3) is 0 Å². The van der Waals surface area contributed by atoms with Crippen LogP contribution in [0.3, 0.4) is 0 Å². The Balaban J connectivity index is 4.30. The largest absolute Gasteiger partial charge is 0.463 e. The van der Waals surface area contributed by atoms with Crippen molar-refractivity contribution < 1.29 is 99.9 Å². The van der Waals surface area contributed by atoms with E-state index in [-0.39, 0.29) is 118 Å². The number of nitrogens with one attached hydrogen (secondary N) is 3. The maximum absolute atomic E-state index is 12.6. The molecular formula is C40H72N4O21. The van der Waals surface area contributed by atoms with Crippen molar-refractivity contribution in [2.75, 3.05) is 185 Å². The smallest absolute Gasteiger partial charge is 0.407 e. The SMILES string of the molecule is CCCOC(=O)NCCOCCOCCOC(=O)COCC(=O)OCCN(CCOC(=O)COCC(=O)OCCOCCOCCNC(=O)OCCC)CC(=O)NCCOCCOCC. The average Bonchev–Trinajstić information content (AvgIpc) is 3.28. The molecule has 0 heterocycles. The minimum Gasteiger partial charge on any atom is -0.463 e. The standard InChI is InChI=1S/C40H72N4O21/c1-4-12-64-39(50)42-8-15-54-21-23-56-25-27-62-37(48)32-58-30-35(46)60-17-10-44(29-34(45)41-7-14-53-20-19-52-6-3)11-18-61-36(47)31-59-33-38(49)63-28-26-57-24-22-55-16-9-43-40(51)65-13-5-2/h4-33H2,1-3H3,(H,41,45)(H,42,50)(H,43,51). The van der Waals surface area contributed by atoms with Gasteiger partial charge in [0, 0.05) is 39.3 Å². The van der Waals surface area contributed by atoms with Crippen LogP contribution >= 0.6 is 0 Å². The summed E-state index contributed by atoms with van der Waals surface area (Å²) in [5, 5.41) is 7.80. The van der Waals surface area contributed by atoms with Crippen molar-refractivity contribution in [2.45, 2.75) is 33.6 Å². The van der Waals surface area contributed by atoms with Crippen LogP contribution in [0.4, 0.5) is 9.59 Å². The molecule has 0 aromatic heterocycles. The second-order valence-corrected chi connectivity index (χ2v) is 12.9. The number of alkyl carbamates (subject to hydrolysis) is 2. The Bertz CT molecular complexity index is 1170. The van der Waals surface area contributed by atoms with Crippen LogP contribution < -0.4 is 16.0 Å². The lowest BCUT2D eigenvalue weighted by Gasteiger charge is -2.21. The number of hydrogen-bond donors (Lipinski definition) is 3. The van der Waals surface area contributed by atoms with Gasteiger partial charge in [-0.1, -0.05) is 13.8 Å². The molecule has 0 unspecified atom stereocenters. The molecule has 0 saturated carbocycles. The molecule has 0 radical (unpaired) electrons. The van der Waals surface area contributed by atoms with Gasteiger partial charge in [-0.25, -0.2) is 28.8 Å². The summed E-state index contributed by atoms with van der Waals surface area (Å²) >= 11 is 0. The normalized spacial score (nSPS) is 10.8. The minimum atomic E-state index is -0.768. The van der Waals surface area contributed by atoms with Crippen molar-refractivity contribution in [3.63, 3.8) is 0 Å². The van der Waals surface area contributed by atoms with Gasteiger partial charge in [0.15, 0.2) is 0 Å². The fourth-order valence-corrected chi connectivity index (χ4v) is 4.35. The molecule has 25 nitrogen and oxygen atoms in total. The van der Waals surface area contributed by atoms with Gasteiger partial charge in [-0.05, 0) is 19.8 Å². The third-order valence-corrected chi connectivity index (χ3v) is 7.36. The van der Waals surface area contributed by atoms with Crippen molar-refractivity contribution >= 4 is 42.0 Å². The van der Waals surface area contributed by atoms with Crippen molar-refractivity contribution in [3.8, 4) is 0 Å². The monoisotopic (exact) mass is 944 g/mol. The average molecular weight is 945 g/mol. The van der Waals surface area contributed by atoms with Gasteiger partial charge in [-0.3, -0.25) is 9.69 Å². The summed E-state index contributed by atoms with van der Waals surface area (Å²) in [5.74, 6) is -3.33. The number of carbonyl (C=O) groups excluding carboxylic acids is 7. The maximum Gasteiger partial charge on any atom is 0.407 e. The van der Waals surface area contributed by atoms with Crippen LogP contribution in [-0.2, 0) is 90.3 Å². The lowest BCUT2D eigenvalue weighted by molar-refractivity contribution is -0.157. The molecular weight excluding hydrogens is 872 g/mol. The Labute approximate surface area is 380 Å². The molecule has 3 N–H and O–H groups in total. The predicted octanol–water partition coefficient (Wildman–Crippen LogP) is -0.997. The van der Waals surface area contributed by atoms with E-state index in [1.807, 2.05) is 20.8 Å². The molecule has 0 aliphatic heterocycles. The number of rotatable bonds is 45. The molecule has 0 atom stereocenters. The number of ether oxygens (including phenoxy) is 14. The zero-order valence-corrected chi connectivity index (χ0v) is 38.2. The first kappa shape index (κ1) is 60.5. The van der Waals surface area contributed by atoms with E-state index in [9.17, 15) is 33.6 Å². The van der Waals surface area contributed by atoms with Crippen molar-refractivity contribution in [3.05, 3.63) is 0 Å². The van der Waals surface area contributed by atoms with Crippen molar-refractivity contribution in [2.24, 2.45) is 0 Å². The second kappa shape index (κ2) is 46.1. The lowest BCUT2D eigenvalue weighted by atomic mass is 10.4. The van der Waals surface area contributed by atoms with Crippen LogP contribution in [0.1, 0.15) is 33.6 Å². The summed E-state index contributed by atoms with van der Waals surface area (Å²) in [5.41, 5.74) is 0. The first-order valence-corrected chi connectivity index (χ1v) is 21.7. The van der Waals surface area contributed by atoms with Gasteiger partial charge >= 0.3 is 36.1 Å². The number of esters is 4. The van der Waals surface area contributed by atoms with Crippen LogP contribution in [0, 0.1) is 0 Å². The van der Waals surface area contributed by atoms with Crippen LogP contribution in [0.5, 0.6) is 0 Å².